The first kappa shape index (κ1) is 8.21. The van der Waals surface area contributed by atoms with Crippen LogP contribution in [-0.4, -0.2) is 5.91 Å². The zero-order chi connectivity index (χ0) is 7.11. The van der Waals surface area contributed by atoms with Gasteiger partial charge in [0, 0.05) is 6.42 Å². The molecule has 0 unspecified atom stereocenters. The van der Waals surface area contributed by atoms with E-state index in [1.54, 1.807) is 0 Å². The summed E-state index contributed by atoms with van der Waals surface area (Å²) in [4.78, 5) is 10.6. The molecule has 0 aromatic carbocycles. The maximum Gasteiger partial charge on any atom is 0.223 e. The van der Waals surface area contributed by atoms with Crippen molar-refractivity contribution in [1.82, 2.24) is 5.32 Å². The third kappa shape index (κ3) is 5.07. The second-order valence-electron chi connectivity index (χ2n) is 1.88. The first-order chi connectivity index (χ1) is 4.31. The van der Waals surface area contributed by atoms with Gasteiger partial charge in [0.1, 0.15) is 0 Å². The largest absolute Gasteiger partial charge is 0.333 e. The molecule has 0 bridgehead atoms. The first-order valence-electron chi connectivity index (χ1n) is 3.21. The molecule has 0 aliphatic heterocycles. The molecule has 9 heavy (non-hydrogen) atoms. The summed E-state index contributed by atoms with van der Waals surface area (Å²) in [7, 11) is 0. The Bertz CT molecular complexity index is 99.1. The van der Waals surface area contributed by atoms with Crippen LogP contribution in [0.1, 0.15) is 26.2 Å². The van der Waals surface area contributed by atoms with Gasteiger partial charge < -0.3 is 5.32 Å². The van der Waals surface area contributed by atoms with E-state index >= 15 is 0 Å². The molecule has 2 nitrogen and oxygen atoms in total. The molecule has 0 fully saturated rings. The third-order valence-electron chi connectivity index (χ3n) is 1.02. The second-order valence-corrected chi connectivity index (χ2v) is 1.88. The van der Waals surface area contributed by atoms with Crippen molar-refractivity contribution in [2.24, 2.45) is 0 Å². The molecular formula is C7H13NO. The summed E-state index contributed by atoms with van der Waals surface area (Å²) in [6, 6.07) is 0. The van der Waals surface area contributed by atoms with Gasteiger partial charge in [-0.15, -0.1) is 0 Å². The van der Waals surface area contributed by atoms with Crippen LogP contribution in [-0.2, 0) is 4.79 Å². The number of unbranched alkanes of at least 4 members (excludes halogenated alkanes) is 1. The Kier molecular flexibility index (Phi) is 4.88. The van der Waals surface area contributed by atoms with Crippen LogP contribution in [0.15, 0.2) is 12.8 Å². The highest BCUT2D eigenvalue weighted by Gasteiger charge is 1.93. The number of amides is 1. The van der Waals surface area contributed by atoms with Crippen LogP contribution < -0.4 is 5.32 Å². The summed E-state index contributed by atoms with van der Waals surface area (Å²) in [6.45, 7) is 5.43. The Labute approximate surface area is 56.0 Å². The summed E-state index contributed by atoms with van der Waals surface area (Å²) in [6.07, 6.45) is 4.05. The minimum atomic E-state index is 0.0619. The van der Waals surface area contributed by atoms with Crippen LogP contribution in [0, 0.1) is 0 Å². The van der Waals surface area contributed by atoms with E-state index in [0.29, 0.717) is 6.42 Å². The van der Waals surface area contributed by atoms with E-state index in [1.807, 2.05) is 0 Å². The standard InChI is InChI=1S/C7H13NO/c1-3-5-6-7(9)8-4-2/h4H,2-3,5-6H2,1H3,(H,8,9). The van der Waals surface area contributed by atoms with Crippen LogP contribution in [0.25, 0.3) is 0 Å². The highest BCUT2D eigenvalue weighted by atomic mass is 16.1. The average Bonchev–Trinajstić information content (AvgIpc) is 1.85. The normalized spacial score (nSPS) is 8.56. The number of hydrogen-bond donors (Lipinski definition) is 1. The van der Waals surface area contributed by atoms with Crippen LogP contribution >= 0.6 is 0 Å². The summed E-state index contributed by atoms with van der Waals surface area (Å²) in [5.41, 5.74) is 0. The van der Waals surface area contributed by atoms with E-state index in [2.05, 4.69) is 18.8 Å². The monoisotopic (exact) mass is 127 g/mol. The lowest BCUT2D eigenvalue weighted by molar-refractivity contribution is -0.120. The Balaban J connectivity index is 3.16. The number of nitrogens with one attached hydrogen (secondary N) is 1. The SMILES string of the molecule is C=CNC(=O)CCCC. The lowest BCUT2D eigenvalue weighted by Crippen LogP contribution is -2.15. The van der Waals surface area contributed by atoms with Gasteiger partial charge in [0.05, 0.1) is 0 Å². The fourth-order valence-electron chi connectivity index (χ4n) is 0.523. The first-order valence-corrected chi connectivity index (χ1v) is 3.21. The zero-order valence-corrected chi connectivity index (χ0v) is 5.81. The van der Waals surface area contributed by atoms with E-state index in [4.69, 9.17) is 0 Å². The molecule has 2 heteroatoms. The van der Waals surface area contributed by atoms with E-state index in [9.17, 15) is 4.79 Å². The van der Waals surface area contributed by atoms with Gasteiger partial charge in [-0.1, -0.05) is 19.9 Å². The number of hydrogen-bond acceptors (Lipinski definition) is 1. The molecule has 0 aromatic rings. The van der Waals surface area contributed by atoms with Gasteiger partial charge in [-0.2, -0.15) is 0 Å². The van der Waals surface area contributed by atoms with E-state index in [-0.39, 0.29) is 5.91 Å². The molecule has 0 radical (unpaired) electrons. The van der Waals surface area contributed by atoms with Gasteiger partial charge in [-0.3, -0.25) is 4.79 Å². The maximum absolute atomic E-state index is 10.6. The van der Waals surface area contributed by atoms with Gasteiger partial charge in [0.2, 0.25) is 5.91 Å². The summed E-state index contributed by atoms with van der Waals surface area (Å²) in [5, 5.41) is 2.51. The molecule has 52 valence electrons. The number of carbonyl (C=O) groups is 1. The summed E-state index contributed by atoms with van der Waals surface area (Å²) < 4.78 is 0. The maximum atomic E-state index is 10.6. The van der Waals surface area contributed by atoms with Crippen molar-refractivity contribution < 1.29 is 4.79 Å². The minimum Gasteiger partial charge on any atom is -0.333 e. The molecule has 0 atom stereocenters. The van der Waals surface area contributed by atoms with Gasteiger partial charge in [-0.25, -0.2) is 0 Å². The molecule has 0 saturated carbocycles. The lowest BCUT2D eigenvalue weighted by Gasteiger charge is -1.95. The smallest absolute Gasteiger partial charge is 0.223 e. The van der Waals surface area contributed by atoms with Crippen molar-refractivity contribution in [2.75, 3.05) is 0 Å². The summed E-state index contributed by atoms with van der Waals surface area (Å²) >= 11 is 0. The van der Waals surface area contributed by atoms with Crippen molar-refractivity contribution in [3.05, 3.63) is 12.8 Å². The Hall–Kier alpha value is -0.790. The van der Waals surface area contributed by atoms with Crippen molar-refractivity contribution in [2.45, 2.75) is 26.2 Å². The highest BCUT2D eigenvalue weighted by Crippen LogP contribution is 1.92. The predicted octanol–water partition coefficient (Wildman–Crippen LogP) is 1.44. The van der Waals surface area contributed by atoms with Crippen LogP contribution in [0.3, 0.4) is 0 Å². The predicted molar refractivity (Wildman–Crippen MR) is 37.9 cm³/mol. The van der Waals surface area contributed by atoms with Crippen LogP contribution in [0.5, 0.6) is 0 Å². The Morgan fingerprint density at radius 1 is 1.78 bits per heavy atom. The van der Waals surface area contributed by atoms with Gasteiger partial charge >= 0.3 is 0 Å². The van der Waals surface area contributed by atoms with Crippen LogP contribution in [0.2, 0.25) is 0 Å². The quantitative estimate of drug-likeness (QED) is 0.608. The van der Waals surface area contributed by atoms with Crippen LogP contribution in [0.4, 0.5) is 0 Å². The highest BCUT2D eigenvalue weighted by molar-refractivity contribution is 5.76. The topological polar surface area (TPSA) is 29.1 Å². The molecular weight excluding hydrogens is 114 g/mol. The third-order valence-corrected chi connectivity index (χ3v) is 1.02. The van der Waals surface area contributed by atoms with Crippen molar-refractivity contribution in [3.63, 3.8) is 0 Å². The van der Waals surface area contributed by atoms with Gasteiger partial charge in [-0.05, 0) is 12.6 Å². The Morgan fingerprint density at radius 3 is 2.89 bits per heavy atom. The molecule has 1 N–H and O–H groups in total. The molecule has 0 spiro atoms. The number of rotatable bonds is 4. The van der Waals surface area contributed by atoms with Gasteiger partial charge in [0.25, 0.3) is 0 Å². The summed E-state index contributed by atoms with van der Waals surface area (Å²) in [5.74, 6) is 0.0619. The van der Waals surface area contributed by atoms with Gasteiger partial charge in [0.15, 0.2) is 0 Å². The Morgan fingerprint density at radius 2 is 2.44 bits per heavy atom. The molecule has 0 saturated heterocycles. The molecule has 0 aliphatic carbocycles. The fraction of sp³-hybridized carbons (Fsp3) is 0.571. The molecule has 0 rings (SSSR count). The van der Waals surface area contributed by atoms with E-state index in [1.165, 1.54) is 6.20 Å². The minimum absolute atomic E-state index is 0.0619. The molecule has 0 heterocycles. The van der Waals surface area contributed by atoms with Crippen molar-refractivity contribution >= 4 is 5.91 Å². The van der Waals surface area contributed by atoms with E-state index < -0.39 is 0 Å². The second kappa shape index (κ2) is 5.35. The van der Waals surface area contributed by atoms with E-state index in [0.717, 1.165) is 12.8 Å². The lowest BCUT2D eigenvalue weighted by atomic mass is 10.2. The average molecular weight is 127 g/mol. The number of carbonyl (C=O) groups excluding carboxylic acids is 1. The molecule has 0 aliphatic rings. The van der Waals surface area contributed by atoms with Crippen molar-refractivity contribution in [1.29, 1.82) is 0 Å². The molecule has 0 aromatic heterocycles. The fourth-order valence-corrected chi connectivity index (χ4v) is 0.523. The zero-order valence-electron chi connectivity index (χ0n) is 5.81. The van der Waals surface area contributed by atoms with Crippen molar-refractivity contribution in [3.8, 4) is 0 Å². The molecule has 1 amide bonds.